The second-order valence-electron chi connectivity index (χ2n) is 3.54. The van der Waals surface area contributed by atoms with Crippen LogP contribution in [0.2, 0.25) is 0 Å². The maximum Gasteiger partial charge on any atom is 0.325 e. The summed E-state index contributed by atoms with van der Waals surface area (Å²) >= 11 is 0. The summed E-state index contributed by atoms with van der Waals surface area (Å²) in [4.78, 5) is 11.0. The van der Waals surface area contributed by atoms with Crippen LogP contribution in [-0.4, -0.2) is 24.7 Å². The number of hydrogen-bond acceptors (Lipinski definition) is 3. The Labute approximate surface area is 100 Å². The third kappa shape index (κ3) is 2.28. The standard InChI is InChI=1S/C11H13NO3.ClH/c1-15-8-2-3-9-7(6-8)4-5-12-10(9)11(13)14;/h2-3,6,10,12H,4-5H2,1H3,(H,13,14);1H. The quantitative estimate of drug-likeness (QED) is 0.824. The Hall–Kier alpha value is -1.26. The van der Waals surface area contributed by atoms with Gasteiger partial charge in [-0.1, -0.05) is 6.07 Å². The molecular formula is C11H14ClNO3. The van der Waals surface area contributed by atoms with E-state index in [9.17, 15) is 4.79 Å². The first-order valence-electron chi connectivity index (χ1n) is 4.85. The van der Waals surface area contributed by atoms with E-state index in [4.69, 9.17) is 9.84 Å². The van der Waals surface area contributed by atoms with Gasteiger partial charge in [-0.3, -0.25) is 4.79 Å². The van der Waals surface area contributed by atoms with Gasteiger partial charge in [0.15, 0.2) is 0 Å². The summed E-state index contributed by atoms with van der Waals surface area (Å²) in [5, 5.41) is 12.0. The van der Waals surface area contributed by atoms with Crippen LogP contribution in [0.5, 0.6) is 5.75 Å². The fraction of sp³-hybridized carbons (Fsp3) is 0.364. The average molecular weight is 244 g/mol. The van der Waals surface area contributed by atoms with Gasteiger partial charge in [-0.25, -0.2) is 0 Å². The molecule has 1 aliphatic heterocycles. The molecule has 0 saturated carbocycles. The van der Waals surface area contributed by atoms with E-state index in [-0.39, 0.29) is 12.4 Å². The van der Waals surface area contributed by atoms with Crippen LogP contribution in [0.1, 0.15) is 17.2 Å². The Morgan fingerprint density at radius 1 is 1.56 bits per heavy atom. The summed E-state index contributed by atoms with van der Waals surface area (Å²) in [6.45, 7) is 0.692. The number of carbonyl (C=O) groups is 1. The Balaban J connectivity index is 0.00000128. The molecule has 0 bridgehead atoms. The first-order valence-corrected chi connectivity index (χ1v) is 4.85. The molecule has 16 heavy (non-hydrogen) atoms. The molecule has 0 aromatic heterocycles. The van der Waals surface area contributed by atoms with Crippen molar-refractivity contribution in [2.75, 3.05) is 13.7 Å². The maximum absolute atomic E-state index is 11.0. The number of halogens is 1. The lowest BCUT2D eigenvalue weighted by molar-refractivity contribution is -0.139. The second kappa shape index (κ2) is 5.18. The predicted molar refractivity (Wildman–Crippen MR) is 62.3 cm³/mol. The van der Waals surface area contributed by atoms with Gasteiger partial charge in [-0.2, -0.15) is 0 Å². The van der Waals surface area contributed by atoms with Crippen molar-refractivity contribution in [1.29, 1.82) is 0 Å². The van der Waals surface area contributed by atoms with E-state index in [1.54, 1.807) is 13.2 Å². The molecule has 1 aromatic carbocycles. The number of nitrogens with one attached hydrogen (secondary N) is 1. The molecule has 2 N–H and O–H groups in total. The van der Waals surface area contributed by atoms with Gasteiger partial charge in [0, 0.05) is 6.54 Å². The molecule has 1 atom stereocenters. The fourth-order valence-electron chi connectivity index (χ4n) is 1.89. The zero-order valence-corrected chi connectivity index (χ0v) is 9.71. The molecule has 1 aromatic rings. The Kier molecular flexibility index (Phi) is 4.15. The monoisotopic (exact) mass is 243 g/mol. The number of ether oxygens (including phenoxy) is 1. The van der Waals surface area contributed by atoms with Crippen LogP contribution < -0.4 is 10.1 Å². The molecule has 1 heterocycles. The van der Waals surface area contributed by atoms with Gasteiger partial charge in [-0.15, -0.1) is 12.4 Å². The number of aliphatic carboxylic acids is 1. The highest BCUT2D eigenvalue weighted by Crippen LogP contribution is 2.26. The van der Waals surface area contributed by atoms with Crippen molar-refractivity contribution in [3.8, 4) is 5.75 Å². The van der Waals surface area contributed by atoms with E-state index in [0.717, 1.165) is 23.3 Å². The minimum Gasteiger partial charge on any atom is -0.497 e. The van der Waals surface area contributed by atoms with E-state index < -0.39 is 12.0 Å². The van der Waals surface area contributed by atoms with Crippen molar-refractivity contribution in [3.63, 3.8) is 0 Å². The molecule has 5 heteroatoms. The first-order chi connectivity index (χ1) is 7.22. The number of carboxylic acids is 1. The van der Waals surface area contributed by atoms with Crippen LogP contribution in [0.3, 0.4) is 0 Å². The number of benzene rings is 1. The van der Waals surface area contributed by atoms with Crippen LogP contribution in [0.25, 0.3) is 0 Å². The minimum atomic E-state index is -0.832. The van der Waals surface area contributed by atoms with E-state index in [0.29, 0.717) is 6.54 Å². The number of methoxy groups -OCH3 is 1. The summed E-state index contributed by atoms with van der Waals surface area (Å²) in [5.74, 6) is -0.0547. The third-order valence-electron chi connectivity index (χ3n) is 2.65. The Morgan fingerprint density at radius 2 is 2.31 bits per heavy atom. The zero-order valence-electron chi connectivity index (χ0n) is 8.90. The highest BCUT2D eigenvalue weighted by molar-refractivity contribution is 5.85. The second-order valence-corrected chi connectivity index (χ2v) is 3.54. The van der Waals surface area contributed by atoms with E-state index in [1.807, 2.05) is 12.1 Å². The van der Waals surface area contributed by atoms with Crippen LogP contribution >= 0.6 is 12.4 Å². The summed E-state index contributed by atoms with van der Waals surface area (Å²) in [7, 11) is 1.61. The summed E-state index contributed by atoms with van der Waals surface area (Å²) in [6.07, 6.45) is 0.844. The van der Waals surface area contributed by atoms with Gasteiger partial charge in [-0.05, 0) is 29.7 Å². The summed E-state index contributed by atoms with van der Waals surface area (Å²) in [5.41, 5.74) is 1.90. The SMILES string of the molecule is COc1ccc2c(c1)CCNC2C(=O)O.Cl. The van der Waals surface area contributed by atoms with Crippen LogP contribution in [-0.2, 0) is 11.2 Å². The molecule has 0 aliphatic carbocycles. The number of rotatable bonds is 2. The molecule has 0 fully saturated rings. The van der Waals surface area contributed by atoms with Crippen LogP contribution in [0, 0.1) is 0 Å². The average Bonchev–Trinajstić information content (AvgIpc) is 2.27. The van der Waals surface area contributed by atoms with Crippen molar-refractivity contribution in [1.82, 2.24) is 5.32 Å². The number of carboxylic acid groups (broad SMARTS) is 1. The molecule has 1 unspecified atom stereocenters. The van der Waals surface area contributed by atoms with Gasteiger partial charge in [0.05, 0.1) is 7.11 Å². The molecule has 0 radical (unpaired) electrons. The van der Waals surface area contributed by atoms with Crippen molar-refractivity contribution in [2.24, 2.45) is 0 Å². The maximum atomic E-state index is 11.0. The molecule has 4 nitrogen and oxygen atoms in total. The summed E-state index contributed by atoms with van der Waals surface area (Å²) < 4.78 is 5.11. The van der Waals surface area contributed by atoms with Gasteiger partial charge < -0.3 is 15.2 Å². The fourth-order valence-corrected chi connectivity index (χ4v) is 1.89. The van der Waals surface area contributed by atoms with Gasteiger partial charge in [0.2, 0.25) is 0 Å². The predicted octanol–water partition coefficient (Wildman–Crippen LogP) is 1.39. The van der Waals surface area contributed by atoms with Gasteiger partial charge >= 0.3 is 5.97 Å². The highest BCUT2D eigenvalue weighted by Gasteiger charge is 2.25. The van der Waals surface area contributed by atoms with E-state index in [2.05, 4.69) is 5.32 Å². The third-order valence-corrected chi connectivity index (χ3v) is 2.65. The molecule has 0 saturated heterocycles. The lowest BCUT2D eigenvalue weighted by Gasteiger charge is -2.24. The Bertz CT molecular complexity index is 395. The summed E-state index contributed by atoms with van der Waals surface area (Å²) in [6, 6.07) is 4.94. The van der Waals surface area contributed by atoms with Crippen molar-refractivity contribution >= 4 is 18.4 Å². The van der Waals surface area contributed by atoms with Gasteiger partial charge in [0.1, 0.15) is 11.8 Å². The lowest BCUT2D eigenvalue weighted by atomic mass is 9.94. The molecule has 2 rings (SSSR count). The molecule has 0 spiro atoms. The normalized spacial score (nSPS) is 18.2. The lowest BCUT2D eigenvalue weighted by Crippen LogP contribution is -2.34. The number of hydrogen-bond donors (Lipinski definition) is 2. The molecule has 88 valence electrons. The van der Waals surface area contributed by atoms with Crippen molar-refractivity contribution in [2.45, 2.75) is 12.5 Å². The number of fused-ring (bicyclic) bond motifs is 1. The highest BCUT2D eigenvalue weighted by atomic mass is 35.5. The topological polar surface area (TPSA) is 58.6 Å². The zero-order chi connectivity index (χ0) is 10.8. The first kappa shape index (κ1) is 12.8. The molecule has 0 amide bonds. The molecule has 1 aliphatic rings. The van der Waals surface area contributed by atoms with Crippen LogP contribution in [0.4, 0.5) is 0 Å². The smallest absolute Gasteiger partial charge is 0.325 e. The molecular weight excluding hydrogens is 230 g/mol. The van der Waals surface area contributed by atoms with Crippen molar-refractivity contribution in [3.05, 3.63) is 29.3 Å². The minimum absolute atomic E-state index is 0. The van der Waals surface area contributed by atoms with Crippen molar-refractivity contribution < 1.29 is 14.6 Å². The van der Waals surface area contributed by atoms with Crippen LogP contribution in [0.15, 0.2) is 18.2 Å². The Morgan fingerprint density at radius 3 is 2.94 bits per heavy atom. The van der Waals surface area contributed by atoms with E-state index in [1.165, 1.54) is 0 Å². The van der Waals surface area contributed by atoms with Gasteiger partial charge in [0.25, 0.3) is 0 Å². The van der Waals surface area contributed by atoms with E-state index >= 15 is 0 Å². The largest absolute Gasteiger partial charge is 0.497 e.